The predicted molar refractivity (Wildman–Crippen MR) is 130 cm³/mol. The minimum Gasteiger partial charge on any atom is -0.495 e. The molecule has 0 fully saturated rings. The van der Waals surface area contributed by atoms with Crippen LogP contribution >= 0.6 is 11.6 Å². The molecule has 0 aliphatic rings. The number of amides is 2. The van der Waals surface area contributed by atoms with Crippen LogP contribution in [0.25, 0.3) is 0 Å². The van der Waals surface area contributed by atoms with Crippen LogP contribution in [0.4, 0.5) is 11.4 Å². The van der Waals surface area contributed by atoms with E-state index in [4.69, 9.17) is 21.1 Å². The van der Waals surface area contributed by atoms with Crippen molar-refractivity contribution in [3.63, 3.8) is 0 Å². The summed E-state index contributed by atoms with van der Waals surface area (Å²) in [7, 11) is 3.01. The van der Waals surface area contributed by atoms with Crippen molar-refractivity contribution in [1.82, 2.24) is 5.32 Å². The van der Waals surface area contributed by atoms with Crippen molar-refractivity contribution in [1.29, 1.82) is 0 Å². The van der Waals surface area contributed by atoms with E-state index in [-0.39, 0.29) is 18.4 Å². The third kappa shape index (κ3) is 6.40. The standard InChI is InChI=1S/C25H26ClN3O4/c1-16-8-10-17(11-9-16)14-28-25(31)18-6-4-5-7-20(18)29-24(30)15-27-21-13-22(32-2)19(26)12-23(21)33-3/h4-13,27H,14-15H2,1-3H3,(H,28,31)(H,29,30). The van der Waals surface area contributed by atoms with Crippen molar-refractivity contribution in [3.05, 3.63) is 82.4 Å². The Kier molecular flexibility index (Phi) is 8.16. The first-order chi connectivity index (χ1) is 15.9. The van der Waals surface area contributed by atoms with Gasteiger partial charge in [0.05, 0.1) is 42.7 Å². The molecule has 3 rings (SSSR count). The SMILES string of the molecule is COc1cc(NCC(=O)Nc2ccccc2C(=O)NCc2ccc(C)cc2)c(OC)cc1Cl. The Morgan fingerprint density at radius 2 is 1.61 bits per heavy atom. The first-order valence-corrected chi connectivity index (χ1v) is 10.7. The zero-order valence-corrected chi connectivity index (χ0v) is 19.5. The summed E-state index contributed by atoms with van der Waals surface area (Å²) in [6.45, 7) is 2.34. The van der Waals surface area contributed by atoms with Gasteiger partial charge >= 0.3 is 0 Å². The Morgan fingerprint density at radius 1 is 0.909 bits per heavy atom. The summed E-state index contributed by atoms with van der Waals surface area (Å²) < 4.78 is 10.5. The molecule has 8 heteroatoms. The van der Waals surface area contributed by atoms with Crippen LogP contribution in [0.1, 0.15) is 21.5 Å². The van der Waals surface area contributed by atoms with Gasteiger partial charge in [-0.1, -0.05) is 53.6 Å². The van der Waals surface area contributed by atoms with Crippen molar-refractivity contribution < 1.29 is 19.1 Å². The summed E-state index contributed by atoms with van der Waals surface area (Å²) in [5.74, 6) is 0.328. The Bertz CT molecular complexity index is 1130. The van der Waals surface area contributed by atoms with Crippen LogP contribution in [-0.2, 0) is 11.3 Å². The van der Waals surface area contributed by atoms with E-state index < -0.39 is 0 Å². The fraction of sp³-hybridized carbons (Fsp3) is 0.200. The molecule has 3 N–H and O–H groups in total. The second-order valence-corrected chi connectivity index (χ2v) is 7.71. The molecule has 0 aliphatic heterocycles. The van der Waals surface area contributed by atoms with Gasteiger partial charge in [-0.15, -0.1) is 0 Å². The third-order valence-corrected chi connectivity index (χ3v) is 5.23. The molecule has 0 unspecified atom stereocenters. The highest BCUT2D eigenvalue weighted by atomic mass is 35.5. The minimum absolute atomic E-state index is 0.0551. The number of halogens is 1. The molecule has 33 heavy (non-hydrogen) atoms. The van der Waals surface area contributed by atoms with E-state index in [1.54, 1.807) is 36.4 Å². The number of benzene rings is 3. The quantitative estimate of drug-likeness (QED) is 0.426. The molecule has 0 saturated carbocycles. The van der Waals surface area contributed by atoms with Crippen LogP contribution in [0.2, 0.25) is 5.02 Å². The first-order valence-electron chi connectivity index (χ1n) is 10.3. The van der Waals surface area contributed by atoms with Crippen molar-refractivity contribution in [2.24, 2.45) is 0 Å². The minimum atomic E-state index is -0.329. The van der Waals surface area contributed by atoms with Crippen LogP contribution in [0.3, 0.4) is 0 Å². The maximum absolute atomic E-state index is 12.7. The summed E-state index contributed by atoms with van der Waals surface area (Å²) >= 11 is 6.12. The summed E-state index contributed by atoms with van der Waals surface area (Å²) in [6.07, 6.45) is 0. The summed E-state index contributed by atoms with van der Waals surface area (Å²) in [5, 5.41) is 9.08. The van der Waals surface area contributed by atoms with Crippen molar-refractivity contribution in [3.8, 4) is 11.5 Å². The third-order valence-electron chi connectivity index (χ3n) is 4.93. The summed E-state index contributed by atoms with van der Waals surface area (Å²) in [4.78, 5) is 25.3. The Balaban J connectivity index is 1.64. The molecule has 0 saturated heterocycles. The lowest BCUT2D eigenvalue weighted by atomic mass is 10.1. The van der Waals surface area contributed by atoms with Crippen LogP contribution in [0.5, 0.6) is 11.5 Å². The van der Waals surface area contributed by atoms with E-state index >= 15 is 0 Å². The van der Waals surface area contributed by atoms with Gasteiger partial charge < -0.3 is 25.4 Å². The molecule has 0 aliphatic carbocycles. The number of nitrogens with one attached hydrogen (secondary N) is 3. The molecule has 3 aromatic carbocycles. The Morgan fingerprint density at radius 3 is 2.30 bits per heavy atom. The molecule has 0 atom stereocenters. The largest absolute Gasteiger partial charge is 0.495 e. The number of para-hydroxylation sites is 1. The van der Waals surface area contributed by atoms with Gasteiger partial charge in [0.15, 0.2) is 0 Å². The highest BCUT2D eigenvalue weighted by molar-refractivity contribution is 6.32. The monoisotopic (exact) mass is 467 g/mol. The van der Waals surface area contributed by atoms with Gasteiger partial charge in [0, 0.05) is 18.7 Å². The van der Waals surface area contributed by atoms with E-state index in [0.29, 0.717) is 40.0 Å². The number of carbonyl (C=O) groups excluding carboxylic acids is 2. The molecule has 0 radical (unpaired) electrons. The van der Waals surface area contributed by atoms with Crippen molar-refractivity contribution in [2.45, 2.75) is 13.5 Å². The smallest absolute Gasteiger partial charge is 0.253 e. The number of ether oxygens (including phenoxy) is 2. The molecule has 3 aromatic rings. The molecule has 7 nitrogen and oxygen atoms in total. The molecule has 0 spiro atoms. The van der Waals surface area contributed by atoms with E-state index in [9.17, 15) is 9.59 Å². The number of anilines is 2. The lowest BCUT2D eigenvalue weighted by molar-refractivity contribution is -0.114. The zero-order valence-electron chi connectivity index (χ0n) is 18.7. The Hall–Kier alpha value is -3.71. The molecular formula is C25H26ClN3O4. The molecule has 0 aromatic heterocycles. The number of rotatable bonds is 9. The fourth-order valence-corrected chi connectivity index (χ4v) is 3.37. The average molecular weight is 468 g/mol. The van der Waals surface area contributed by atoms with Gasteiger partial charge in [0.1, 0.15) is 11.5 Å². The number of hydrogen-bond acceptors (Lipinski definition) is 5. The lowest BCUT2D eigenvalue weighted by Crippen LogP contribution is -2.26. The average Bonchev–Trinajstić information content (AvgIpc) is 2.82. The van der Waals surface area contributed by atoms with Crippen LogP contribution in [0.15, 0.2) is 60.7 Å². The number of methoxy groups -OCH3 is 2. The molecular weight excluding hydrogens is 442 g/mol. The second-order valence-electron chi connectivity index (χ2n) is 7.30. The highest BCUT2D eigenvalue weighted by Crippen LogP contribution is 2.35. The molecule has 0 bridgehead atoms. The summed E-state index contributed by atoms with van der Waals surface area (Å²) in [6, 6.07) is 18.0. The molecule has 172 valence electrons. The van der Waals surface area contributed by atoms with Gasteiger partial charge in [0.2, 0.25) is 5.91 Å². The Labute approximate surface area is 198 Å². The van der Waals surface area contributed by atoms with Gasteiger partial charge in [-0.25, -0.2) is 0 Å². The van der Waals surface area contributed by atoms with E-state index in [0.717, 1.165) is 11.1 Å². The zero-order chi connectivity index (χ0) is 23.8. The number of hydrogen-bond donors (Lipinski definition) is 3. The van der Waals surface area contributed by atoms with E-state index in [2.05, 4.69) is 16.0 Å². The number of aryl methyl sites for hydroxylation is 1. The topological polar surface area (TPSA) is 88.7 Å². The summed E-state index contributed by atoms with van der Waals surface area (Å²) in [5.41, 5.74) is 3.50. The highest BCUT2D eigenvalue weighted by Gasteiger charge is 2.15. The second kappa shape index (κ2) is 11.2. The normalized spacial score (nSPS) is 10.3. The molecule has 0 heterocycles. The van der Waals surface area contributed by atoms with Crippen LogP contribution in [-0.4, -0.2) is 32.6 Å². The van der Waals surface area contributed by atoms with E-state index in [1.165, 1.54) is 14.2 Å². The van der Waals surface area contributed by atoms with Crippen molar-refractivity contribution >= 4 is 34.8 Å². The van der Waals surface area contributed by atoms with Crippen LogP contribution < -0.4 is 25.4 Å². The predicted octanol–water partition coefficient (Wildman–Crippen LogP) is 4.65. The van der Waals surface area contributed by atoms with Gasteiger partial charge in [-0.05, 0) is 24.6 Å². The number of carbonyl (C=O) groups is 2. The fourth-order valence-electron chi connectivity index (χ4n) is 3.14. The van der Waals surface area contributed by atoms with Gasteiger partial charge in [0.25, 0.3) is 5.91 Å². The maximum Gasteiger partial charge on any atom is 0.253 e. The lowest BCUT2D eigenvalue weighted by Gasteiger charge is -2.15. The van der Waals surface area contributed by atoms with Crippen LogP contribution in [0, 0.1) is 6.92 Å². The van der Waals surface area contributed by atoms with E-state index in [1.807, 2.05) is 31.2 Å². The molecule has 2 amide bonds. The van der Waals surface area contributed by atoms with Gasteiger partial charge in [-0.2, -0.15) is 0 Å². The maximum atomic E-state index is 12.7. The van der Waals surface area contributed by atoms with Gasteiger partial charge in [-0.3, -0.25) is 9.59 Å². The first kappa shape index (κ1) is 23.9. The van der Waals surface area contributed by atoms with Crippen molar-refractivity contribution in [2.75, 3.05) is 31.4 Å².